The molecule has 0 atom stereocenters. The summed E-state index contributed by atoms with van der Waals surface area (Å²) >= 11 is 0. The molecule has 0 N–H and O–H groups in total. The van der Waals surface area contributed by atoms with Crippen molar-refractivity contribution in [2.45, 2.75) is 71.1 Å². The summed E-state index contributed by atoms with van der Waals surface area (Å²) in [7, 11) is 0. The Morgan fingerprint density at radius 2 is 1.55 bits per heavy atom. The zero-order chi connectivity index (χ0) is 21.5. The predicted octanol–water partition coefficient (Wildman–Crippen LogP) is 8.53. The van der Waals surface area contributed by atoms with E-state index in [0.717, 1.165) is 29.4 Å². The first kappa shape index (κ1) is 22.2. The molecule has 0 saturated heterocycles. The largest absolute Gasteiger partial charge is 0.490 e. The fraction of sp³-hybridized carbons (Fsp3) is 0.533. The van der Waals surface area contributed by atoms with Gasteiger partial charge in [0.15, 0.2) is 0 Å². The molecule has 0 unspecified atom stereocenters. The first-order valence-electron chi connectivity index (χ1n) is 12.6. The lowest BCUT2D eigenvalue weighted by Crippen LogP contribution is -2.25. The fourth-order valence-corrected chi connectivity index (χ4v) is 5.93. The van der Waals surface area contributed by atoms with Crippen LogP contribution in [0.2, 0.25) is 0 Å². The molecular formula is C30H40O. The summed E-state index contributed by atoms with van der Waals surface area (Å²) in [5, 5.41) is 2.60. The zero-order valence-corrected chi connectivity index (χ0v) is 19.4. The maximum Gasteiger partial charge on any atom is 0.120 e. The molecule has 2 aromatic carbocycles. The third-order valence-electron chi connectivity index (χ3n) is 8.01. The van der Waals surface area contributed by atoms with Gasteiger partial charge in [0.2, 0.25) is 0 Å². The van der Waals surface area contributed by atoms with Crippen LogP contribution in [0, 0.1) is 23.7 Å². The van der Waals surface area contributed by atoms with Crippen molar-refractivity contribution >= 4 is 10.8 Å². The number of hydrogen-bond acceptors (Lipinski definition) is 1. The van der Waals surface area contributed by atoms with Crippen LogP contribution in [0.4, 0.5) is 0 Å². The molecule has 2 saturated carbocycles. The summed E-state index contributed by atoms with van der Waals surface area (Å²) in [6.45, 7) is 6.66. The van der Waals surface area contributed by atoms with Crippen LogP contribution in [-0.4, -0.2) is 6.61 Å². The average Bonchev–Trinajstić information content (AvgIpc) is 2.83. The number of rotatable bonds is 8. The van der Waals surface area contributed by atoms with Crippen molar-refractivity contribution in [2.24, 2.45) is 23.7 Å². The highest BCUT2D eigenvalue weighted by Crippen LogP contribution is 2.42. The van der Waals surface area contributed by atoms with E-state index in [1.165, 1.54) is 80.5 Å². The molecule has 0 aromatic heterocycles. The van der Waals surface area contributed by atoms with E-state index in [1.54, 1.807) is 0 Å². The van der Waals surface area contributed by atoms with E-state index >= 15 is 0 Å². The zero-order valence-electron chi connectivity index (χ0n) is 19.4. The summed E-state index contributed by atoms with van der Waals surface area (Å²) in [6, 6.07) is 13.4. The van der Waals surface area contributed by atoms with Crippen LogP contribution in [0.3, 0.4) is 0 Å². The van der Waals surface area contributed by atoms with Gasteiger partial charge in [-0.1, -0.05) is 55.3 Å². The number of ether oxygens (including phenoxy) is 1. The van der Waals surface area contributed by atoms with Crippen LogP contribution < -0.4 is 4.74 Å². The van der Waals surface area contributed by atoms with Gasteiger partial charge in [0.05, 0.1) is 0 Å². The number of fused-ring (bicyclic) bond motifs is 1. The van der Waals surface area contributed by atoms with Gasteiger partial charge < -0.3 is 4.74 Å². The van der Waals surface area contributed by atoms with Gasteiger partial charge in [0.1, 0.15) is 12.4 Å². The molecule has 1 heteroatoms. The van der Waals surface area contributed by atoms with Crippen molar-refractivity contribution in [1.29, 1.82) is 0 Å². The van der Waals surface area contributed by atoms with Gasteiger partial charge in [-0.2, -0.15) is 0 Å². The van der Waals surface area contributed by atoms with Gasteiger partial charge in [-0.15, -0.1) is 6.58 Å². The van der Waals surface area contributed by atoms with Crippen LogP contribution in [-0.2, 0) is 6.42 Å². The molecule has 0 heterocycles. The molecule has 4 rings (SSSR count). The Bertz CT molecular complexity index is 863. The standard InChI is InChI=1S/C30H40O/c1-3-5-20-31-30-19-18-28-21-25(12-17-29(28)22-30)7-6-24-10-15-27(16-11-24)26-13-8-23(4-2)9-14-26/h3-5,12,17-19,21-24,26-27H,2,6-11,13-16,20H2,1H3. The van der Waals surface area contributed by atoms with Crippen molar-refractivity contribution in [3.63, 3.8) is 0 Å². The highest BCUT2D eigenvalue weighted by Gasteiger charge is 2.30. The number of aryl methyl sites for hydroxylation is 1. The first-order valence-corrected chi connectivity index (χ1v) is 12.6. The van der Waals surface area contributed by atoms with E-state index in [1.807, 2.05) is 19.1 Å². The van der Waals surface area contributed by atoms with Gasteiger partial charge in [0, 0.05) is 0 Å². The summed E-state index contributed by atoms with van der Waals surface area (Å²) in [6.07, 6.45) is 20.3. The second-order valence-corrected chi connectivity index (χ2v) is 9.95. The number of allylic oxidation sites excluding steroid dienone is 2. The Morgan fingerprint density at radius 1 is 0.871 bits per heavy atom. The molecule has 1 nitrogen and oxygen atoms in total. The molecule has 0 bridgehead atoms. The predicted molar refractivity (Wildman–Crippen MR) is 134 cm³/mol. The van der Waals surface area contributed by atoms with E-state index in [2.05, 4.69) is 49.1 Å². The maximum absolute atomic E-state index is 5.78. The van der Waals surface area contributed by atoms with Crippen molar-refractivity contribution in [3.05, 3.63) is 66.8 Å². The third-order valence-corrected chi connectivity index (χ3v) is 8.01. The summed E-state index contributed by atoms with van der Waals surface area (Å²) < 4.78 is 5.78. The SMILES string of the molecule is C=CC1CCC(C2CCC(CCc3ccc4cc(OCC=CC)ccc4c3)CC2)CC1. The maximum atomic E-state index is 5.78. The van der Waals surface area contributed by atoms with Gasteiger partial charge in [-0.05, 0) is 110 Å². The molecular weight excluding hydrogens is 376 g/mol. The minimum absolute atomic E-state index is 0.637. The van der Waals surface area contributed by atoms with Gasteiger partial charge in [0.25, 0.3) is 0 Å². The molecule has 2 aliphatic carbocycles. The Hall–Kier alpha value is -2.02. The molecule has 2 aromatic rings. The third kappa shape index (κ3) is 6.03. The van der Waals surface area contributed by atoms with Crippen LogP contribution in [0.5, 0.6) is 5.75 Å². The normalized spacial score (nSPS) is 26.9. The van der Waals surface area contributed by atoms with E-state index < -0.39 is 0 Å². The van der Waals surface area contributed by atoms with Crippen molar-refractivity contribution in [2.75, 3.05) is 6.61 Å². The number of benzene rings is 2. The Kier molecular flexibility index (Phi) is 7.89. The highest BCUT2D eigenvalue weighted by atomic mass is 16.5. The van der Waals surface area contributed by atoms with Gasteiger partial charge in [-0.3, -0.25) is 0 Å². The smallest absolute Gasteiger partial charge is 0.120 e. The quantitative estimate of drug-likeness (QED) is 0.392. The lowest BCUT2D eigenvalue weighted by molar-refractivity contribution is 0.153. The topological polar surface area (TPSA) is 9.23 Å². The molecule has 0 amide bonds. The average molecular weight is 417 g/mol. The molecule has 0 aliphatic heterocycles. The van der Waals surface area contributed by atoms with Crippen LogP contribution >= 0.6 is 0 Å². The summed E-state index contributed by atoms with van der Waals surface area (Å²) in [5.41, 5.74) is 1.49. The van der Waals surface area contributed by atoms with Crippen LogP contribution in [0.1, 0.15) is 70.3 Å². The molecule has 0 radical (unpaired) electrons. The Balaban J connectivity index is 1.24. The molecule has 31 heavy (non-hydrogen) atoms. The second-order valence-electron chi connectivity index (χ2n) is 9.95. The second kappa shape index (κ2) is 11.0. The van der Waals surface area contributed by atoms with Gasteiger partial charge in [-0.25, -0.2) is 0 Å². The Morgan fingerprint density at radius 3 is 2.26 bits per heavy atom. The van der Waals surface area contributed by atoms with Gasteiger partial charge >= 0.3 is 0 Å². The van der Waals surface area contributed by atoms with Crippen LogP contribution in [0.15, 0.2) is 61.2 Å². The minimum Gasteiger partial charge on any atom is -0.490 e. The lowest BCUT2D eigenvalue weighted by Gasteiger charge is -2.37. The highest BCUT2D eigenvalue weighted by molar-refractivity contribution is 5.84. The van der Waals surface area contributed by atoms with Crippen molar-refractivity contribution < 1.29 is 4.74 Å². The monoisotopic (exact) mass is 416 g/mol. The van der Waals surface area contributed by atoms with Crippen LogP contribution in [0.25, 0.3) is 10.8 Å². The number of hydrogen-bond donors (Lipinski definition) is 0. The lowest BCUT2D eigenvalue weighted by atomic mass is 9.68. The van der Waals surface area contributed by atoms with Crippen molar-refractivity contribution in [3.8, 4) is 5.75 Å². The fourth-order valence-electron chi connectivity index (χ4n) is 5.93. The summed E-state index contributed by atoms with van der Waals surface area (Å²) in [5.74, 6) is 4.69. The van der Waals surface area contributed by atoms with E-state index in [4.69, 9.17) is 4.74 Å². The van der Waals surface area contributed by atoms with E-state index in [-0.39, 0.29) is 0 Å². The first-order chi connectivity index (χ1) is 15.2. The summed E-state index contributed by atoms with van der Waals surface area (Å²) in [4.78, 5) is 0. The minimum atomic E-state index is 0.637. The van der Waals surface area contributed by atoms with E-state index in [0.29, 0.717) is 6.61 Å². The molecule has 2 aliphatic rings. The molecule has 2 fully saturated rings. The Labute approximate surface area is 189 Å². The van der Waals surface area contributed by atoms with Crippen molar-refractivity contribution in [1.82, 2.24) is 0 Å². The molecule has 0 spiro atoms. The van der Waals surface area contributed by atoms with E-state index in [9.17, 15) is 0 Å². The molecule has 166 valence electrons.